The topological polar surface area (TPSA) is 129 Å². The van der Waals surface area contributed by atoms with E-state index in [4.69, 9.17) is 15.2 Å². The number of rotatable bonds is 11. The normalized spacial score (nSPS) is 17.3. The van der Waals surface area contributed by atoms with Crippen molar-refractivity contribution >= 4 is 23.3 Å². The van der Waals surface area contributed by atoms with Crippen LogP contribution >= 0.6 is 0 Å². The Labute approximate surface area is 310 Å². The monoisotopic (exact) mass is 731 g/mol. The molecule has 4 heterocycles. The van der Waals surface area contributed by atoms with Gasteiger partial charge in [-0.15, -0.1) is 0 Å². The summed E-state index contributed by atoms with van der Waals surface area (Å²) in [5.74, 6) is -0.253. The van der Waals surface area contributed by atoms with Crippen molar-refractivity contribution in [3.8, 4) is 39.1 Å². The number of carbonyl (C=O) groups excluding carboxylic acids is 2. The van der Waals surface area contributed by atoms with Crippen LogP contribution in [-0.2, 0) is 16.1 Å². The maximum atomic E-state index is 15.8. The van der Waals surface area contributed by atoms with E-state index in [1.165, 1.54) is 48.7 Å². The molecule has 0 spiro atoms. The van der Waals surface area contributed by atoms with Crippen molar-refractivity contribution in [2.45, 2.75) is 38.3 Å². The van der Waals surface area contributed by atoms with Crippen LogP contribution in [-0.4, -0.2) is 58.7 Å². The minimum absolute atomic E-state index is 0.00969. The number of halogens is 2. The van der Waals surface area contributed by atoms with Crippen LogP contribution in [0.3, 0.4) is 0 Å². The van der Waals surface area contributed by atoms with Gasteiger partial charge in [-0.05, 0) is 78.4 Å². The molecule has 1 atom stereocenters. The highest BCUT2D eigenvalue weighted by atomic mass is 19.1. The third-order valence-electron chi connectivity index (χ3n) is 10.5. The van der Waals surface area contributed by atoms with Gasteiger partial charge in [0.15, 0.2) is 6.10 Å². The molecule has 3 N–H and O–H groups in total. The third-order valence-corrected chi connectivity index (χ3v) is 10.5. The molecule has 2 aromatic heterocycles. The predicted molar refractivity (Wildman–Crippen MR) is 201 cm³/mol. The Bertz CT molecular complexity index is 2270. The van der Waals surface area contributed by atoms with E-state index in [2.05, 4.69) is 10.3 Å². The summed E-state index contributed by atoms with van der Waals surface area (Å²) in [7, 11) is 0. The first-order valence-electron chi connectivity index (χ1n) is 18.2. The number of nitrogens with two attached hydrogens (primary N) is 1. The fourth-order valence-corrected chi connectivity index (χ4v) is 7.16. The van der Waals surface area contributed by atoms with E-state index in [1.807, 2.05) is 21.6 Å². The summed E-state index contributed by atoms with van der Waals surface area (Å²) < 4.78 is 42.5. The molecule has 3 aromatic carbocycles. The van der Waals surface area contributed by atoms with Crippen molar-refractivity contribution in [3.05, 3.63) is 119 Å². The summed E-state index contributed by atoms with van der Waals surface area (Å²) in [6.45, 7) is 3.38. The number of amides is 2. The zero-order valence-electron chi connectivity index (χ0n) is 29.5. The first-order chi connectivity index (χ1) is 26.2. The summed E-state index contributed by atoms with van der Waals surface area (Å²) in [6, 6.07) is 18.8. The van der Waals surface area contributed by atoms with Gasteiger partial charge in [0.2, 0.25) is 5.43 Å². The maximum absolute atomic E-state index is 15.8. The number of anilines is 2. The lowest BCUT2D eigenvalue weighted by Gasteiger charge is -2.30. The fraction of sp³-hybridized carbons (Fsp3) is 0.286. The molecule has 0 radical (unpaired) electrons. The average molecular weight is 732 g/mol. The number of nitrogens with one attached hydrogen (secondary N) is 1. The fourth-order valence-electron chi connectivity index (χ4n) is 7.16. The lowest BCUT2D eigenvalue weighted by Crippen LogP contribution is -2.42. The number of hydrogen-bond donors (Lipinski definition) is 2. The Kier molecular flexibility index (Phi) is 9.68. The number of likely N-dealkylation sites (tertiary alicyclic amines) is 1. The zero-order valence-corrected chi connectivity index (χ0v) is 29.5. The lowest BCUT2D eigenvalue weighted by molar-refractivity contribution is -0.136. The molecular formula is C42H39F2N5O5. The van der Waals surface area contributed by atoms with Crippen molar-refractivity contribution in [1.29, 1.82) is 0 Å². The van der Waals surface area contributed by atoms with Crippen LogP contribution in [0.4, 0.5) is 20.3 Å². The number of benzene rings is 3. The van der Waals surface area contributed by atoms with Crippen LogP contribution in [0.1, 0.15) is 36.0 Å². The molecule has 2 saturated heterocycles. The van der Waals surface area contributed by atoms with Gasteiger partial charge in [-0.1, -0.05) is 30.7 Å². The third kappa shape index (κ3) is 7.34. The number of aromatic nitrogens is 2. The van der Waals surface area contributed by atoms with Crippen LogP contribution < -0.4 is 21.2 Å². The second kappa shape index (κ2) is 14.9. The summed E-state index contributed by atoms with van der Waals surface area (Å²) in [4.78, 5) is 46.1. The van der Waals surface area contributed by atoms with Crippen LogP contribution in [0.5, 0.6) is 5.75 Å². The summed E-state index contributed by atoms with van der Waals surface area (Å²) in [5, 5.41) is 2.68. The maximum Gasteiger partial charge on any atom is 0.263 e. The van der Waals surface area contributed by atoms with Crippen molar-refractivity contribution < 1.29 is 27.8 Å². The Hall–Kier alpha value is -5.88. The van der Waals surface area contributed by atoms with Gasteiger partial charge in [-0.25, -0.2) is 13.8 Å². The van der Waals surface area contributed by atoms with E-state index in [-0.39, 0.29) is 34.1 Å². The highest BCUT2D eigenvalue weighted by molar-refractivity contribution is 6.04. The van der Waals surface area contributed by atoms with E-state index < -0.39 is 29.1 Å². The van der Waals surface area contributed by atoms with E-state index in [9.17, 15) is 18.8 Å². The van der Waals surface area contributed by atoms with Gasteiger partial charge in [0.05, 0.1) is 13.2 Å². The molecule has 1 aliphatic carbocycles. The van der Waals surface area contributed by atoms with Gasteiger partial charge in [0.1, 0.15) is 28.8 Å². The molecule has 10 nitrogen and oxygen atoms in total. The molecule has 12 heteroatoms. The van der Waals surface area contributed by atoms with Crippen LogP contribution in [0.2, 0.25) is 0 Å². The van der Waals surface area contributed by atoms with Gasteiger partial charge in [0.25, 0.3) is 11.8 Å². The Morgan fingerprint density at radius 2 is 1.61 bits per heavy atom. The first-order valence-corrected chi connectivity index (χ1v) is 18.2. The number of hydrogen-bond acceptors (Lipinski definition) is 7. The molecule has 8 rings (SSSR count). The SMILES string of the molecule is Nc1ncc(-c2ccc(O[C@@H]3CCN(CC4COC4)C3=O)cc2)cc1-c1ccc(NC(=O)c2cn(CC3CCC3)cc(-c3ccc(F)cc3)c2=O)cc1F. The number of pyridine rings is 2. The second-order valence-electron chi connectivity index (χ2n) is 14.3. The van der Waals surface area contributed by atoms with Crippen LogP contribution in [0, 0.1) is 23.5 Å². The highest BCUT2D eigenvalue weighted by Crippen LogP contribution is 2.34. The predicted octanol–water partition coefficient (Wildman–Crippen LogP) is 6.78. The van der Waals surface area contributed by atoms with Crippen LogP contribution in [0.15, 0.2) is 96.2 Å². The Balaban J connectivity index is 0.979. The lowest BCUT2D eigenvalue weighted by atomic mass is 9.85. The van der Waals surface area contributed by atoms with E-state index in [0.29, 0.717) is 73.5 Å². The standard InChI is InChI=1S/C42H39F2N5O5/c43-30-8-4-28(5-9-30)35-21-48(19-25-2-1-3-25)22-36(39(35)50)41(51)47-31-10-13-33(37(44)17-31)34-16-29(18-46-40(34)45)27-6-11-32(12-7-27)54-38-14-15-49(42(38)52)20-26-23-53-24-26/h4-13,16-18,21-22,25-26,38H,1-3,14-15,19-20,23-24H2,(H2,45,46)(H,47,51)/t38-/m1/s1. The van der Waals surface area contributed by atoms with Crippen molar-refractivity contribution in [1.82, 2.24) is 14.5 Å². The van der Waals surface area contributed by atoms with E-state index in [1.54, 1.807) is 30.6 Å². The molecule has 5 aromatic rings. The molecule has 2 aliphatic heterocycles. The highest BCUT2D eigenvalue weighted by Gasteiger charge is 2.36. The van der Waals surface area contributed by atoms with Crippen molar-refractivity contribution in [3.63, 3.8) is 0 Å². The smallest absolute Gasteiger partial charge is 0.263 e. The molecule has 1 saturated carbocycles. The van der Waals surface area contributed by atoms with Crippen molar-refractivity contribution in [2.75, 3.05) is 37.4 Å². The van der Waals surface area contributed by atoms with Crippen LogP contribution in [0.25, 0.3) is 33.4 Å². The summed E-state index contributed by atoms with van der Waals surface area (Å²) in [6.07, 6.45) is 8.19. The molecule has 2 amide bonds. The second-order valence-corrected chi connectivity index (χ2v) is 14.3. The first kappa shape index (κ1) is 35.2. The van der Waals surface area contributed by atoms with Gasteiger partial charge in [-0.2, -0.15) is 0 Å². The van der Waals surface area contributed by atoms with E-state index in [0.717, 1.165) is 24.8 Å². The van der Waals surface area contributed by atoms with Gasteiger partial charge < -0.3 is 30.0 Å². The summed E-state index contributed by atoms with van der Waals surface area (Å²) in [5.41, 5.74) is 8.56. The molecule has 3 aliphatic rings. The summed E-state index contributed by atoms with van der Waals surface area (Å²) >= 11 is 0. The molecular weight excluding hydrogens is 692 g/mol. The molecule has 276 valence electrons. The minimum atomic E-state index is -0.688. The number of carbonyl (C=O) groups is 2. The zero-order chi connectivity index (χ0) is 37.3. The molecule has 0 bridgehead atoms. The number of ether oxygens (including phenoxy) is 2. The number of nitrogen functional groups attached to an aromatic ring is 1. The van der Waals surface area contributed by atoms with Gasteiger partial charge >= 0.3 is 0 Å². The largest absolute Gasteiger partial charge is 0.481 e. The molecule has 54 heavy (non-hydrogen) atoms. The van der Waals surface area contributed by atoms with Crippen molar-refractivity contribution in [2.24, 2.45) is 11.8 Å². The average Bonchev–Trinajstić information content (AvgIpc) is 3.47. The Morgan fingerprint density at radius 1 is 0.852 bits per heavy atom. The quantitative estimate of drug-likeness (QED) is 0.153. The number of nitrogens with zero attached hydrogens (tertiary/aromatic N) is 3. The Morgan fingerprint density at radius 3 is 2.30 bits per heavy atom. The van der Waals surface area contributed by atoms with Gasteiger partial charge in [-0.3, -0.25) is 14.4 Å². The molecule has 0 unspecified atom stereocenters. The van der Waals surface area contributed by atoms with Gasteiger partial charge in [0, 0.05) is 78.5 Å². The minimum Gasteiger partial charge on any atom is -0.481 e. The molecule has 3 fully saturated rings. The van der Waals surface area contributed by atoms with E-state index >= 15 is 4.39 Å².